The molecule has 1 fully saturated rings. The van der Waals surface area contributed by atoms with E-state index < -0.39 is 11.7 Å². The first kappa shape index (κ1) is 28.9. The number of nitrogens with zero attached hydrogens (tertiary/aromatic N) is 4. The van der Waals surface area contributed by atoms with Crippen LogP contribution in [0.1, 0.15) is 27.0 Å². The number of anilines is 3. The molecule has 0 aliphatic carbocycles. The summed E-state index contributed by atoms with van der Waals surface area (Å²) in [5.41, 5.74) is 5.27. The number of fused-ring (bicyclic) bond motifs is 1. The maximum absolute atomic E-state index is 13.5. The van der Waals surface area contributed by atoms with E-state index >= 15 is 0 Å². The highest BCUT2D eigenvalue weighted by Crippen LogP contribution is 2.37. The molecular weight excluding hydrogens is 575 g/mol. The van der Waals surface area contributed by atoms with Gasteiger partial charge in [0, 0.05) is 73.8 Å². The molecule has 2 aliphatic rings. The molecule has 0 spiro atoms. The molecule has 6 rings (SSSR count). The second kappa shape index (κ2) is 11.8. The Morgan fingerprint density at radius 3 is 2.40 bits per heavy atom. The molecule has 1 aromatic heterocycles. The van der Waals surface area contributed by atoms with Gasteiger partial charge in [-0.25, -0.2) is 4.98 Å². The zero-order chi connectivity index (χ0) is 30.1. The molecule has 3 aromatic carbocycles. The summed E-state index contributed by atoms with van der Waals surface area (Å²) in [4.78, 5) is 23.6. The predicted octanol–water partition coefficient (Wildman–Crippen LogP) is 7.12. The van der Waals surface area contributed by atoms with Crippen molar-refractivity contribution in [1.29, 1.82) is 0 Å². The van der Waals surface area contributed by atoms with Crippen molar-refractivity contribution in [3.8, 4) is 11.1 Å². The van der Waals surface area contributed by atoms with Gasteiger partial charge in [0.1, 0.15) is 5.82 Å². The number of para-hydroxylation sites is 1. The van der Waals surface area contributed by atoms with Crippen molar-refractivity contribution in [2.24, 2.45) is 0 Å². The first-order valence-electron chi connectivity index (χ1n) is 14.2. The van der Waals surface area contributed by atoms with Gasteiger partial charge in [-0.15, -0.1) is 0 Å². The zero-order valence-corrected chi connectivity index (χ0v) is 24.4. The molecule has 10 heteroatoms. The lowest BCUT2D eigenvalue weighted by molar-refractivity contribution is -0.137. The van der Waals surface area contributed by atoms with Crippen LogP contribution in [0.25, 0.3) is 11.1 Å². The van der Waals surface area contributed by atoms with Gasteiger partial charge in [-0.1, -0.05) is 41.9 Å². The second-order valence-electron chi connectivity index (χ2n) is 10.9. The minimum atomic E-state index is -4.43. The molecule has 1 N–H and O–H groups in total. The lowest BCUT2D eigenvalue weighted by atomic mass is 10.0. The minimum Gasteiger partial charge on any atom is -0.367 e. The number of amides is 1. The molecule has 0 atom stereocenters. The van der Waals surface area contributed by atoms with Crippen LogP contribution in [0.4, 0.5) is 30.4 Å². The Kier molecular flexibility index (Phi) is 7.92. The van der Waals surface area contributed by atoms with Gasteiger partial charge in [0.05, 0.1) is 11.3 Å². The summed E-state index contributed by atoms with van der Waals surface area (Å²) in [7, 11) is 0. The molecular formula is C33H31ClF3N5O. The van der Waals surface area contributed by atoms with E-state index in [4.69, 9.17) is 11.6 Å². The fraction of sp³-hybridized carbons (Fsp3) is 0.273. The molecule has 43 heavy (non-hydrogen) atoms. The van der Waals surface area contributed by atoms with E-state index in [9.17, 15) is 18.0 Å². The van der Waals surface area contributed by atoms with Crippen LogP contribution in [0.5, 0.6) is 0 Å². The van der Waals surface area contributed by atoms with Crippen molar-refractivity contribution in [2.75, 3.05) is 54.4 Å². The van der Waals surface area contributed by atoms with E-state index in [1.165, 1.54) is 23.3 Å². The number of carbonyl (C=O) groups is 1. The van der Waals surface area contributed by atoms with Gasteiger partial charge in [0.25, 0.3) is 5.91 Å². The maximum atomic E-state index is 13.5. The van der Waals surface area contributed by atoms with E-state index in [-0.39, 0.29) is 11.6 Å². The molecule has 0 saturated carbocycles. The third kappa shape index (κ3) is 6.13. The van der Waals surface area contributed by atoms with Gasteiger partial charge < -0.3 is 20.0 Å². The van der Waals surface area contributed by atoms with Crippen molar-refractivity contribution >= 4 is 34.7 Å². The van der Waals surface area contributed by atoms with Crippen molar-refractivity contribution in [3.63, 3.8) is 0 Å². The number of nitrogens with one attached hydrogen (secondary N) is 1. The Balaban J connectivity index is 1.14. The highest BCUT2D eigenvalue weighted by Gasteiger charge is 2.35. The van der Waals surface area contributed by atoms with Crippen LogP contribution in [0, 0.1) is 6.92 Å². The number of hydrogen-bond acceptors (Lipinski definition) is 5. The van der Waals surface area contributed by atoms with Gasteiger partial charge in [0.15, 0.2) is 0 Å². The van der Waals surface area contributed by atoms with Crippen molar-refractivity contribution in [1.82, 2.24) is 9.88 Å². The zero-order valence-electron chi connectivity index (χ0n) is 23.7. The molecule has 0 radical (unpaired) electrons. The first-order valence-corrected chi connectivity index (χ1v) is 14.6. The normalized spacial score (nSPS) is 15.2. The van der Waals surface area contributed by atoms with Crippen molar-refractivity contribution in [3.05, 3.63) is 106 Å². The minimum absolute atomic E-state index is 0.133. The van der Waals surface area contributed by atoms with Crippen LogP contribution in [-0.4, -0.2) is 55.1 Å². The van der Waals surface area contributed by atoms with Gasteiger partial charge in [0.2, 0.25) is 0 Å². The van der Waals surface area contributed by atoms with E-state index in [0.29, 0.717) is 43.3 Å². The fourth-order valence-corrected chi connectivity index (χ4v) is 5.92. The number of pyridine rings is 1. The number of aryl methyl sites for hydroxylation is 1. The molecule has 1 amide bonds. The Morgan fingerprint density at radius 1 is 0.907 bits per heavy atom. The largest absolute Gasteiger partial charge is 0.418 e. The lowest BCUT2D eigenvalue weighted by Gasteiger charge is -2.37. The number of piperazine rings is 1. The van der Waals surface area contributed by atoms with Gasteiger partial charge in [-0.3, -0.25) is 4.79 Å². The molecule has 1 saturated heterocycles. The SMILES string of the molecule is Cc1ccc(Cl)cc1CN1CCNc2ncc(-c3ccc(C(=O)N4CCN(c5ccccc5C(F)(F)F)CC4)cc3)cc21. The monoisotopic (exact) mass is 605 g/mol. The fourth-order valence-electron chi connectivity index (χ4n) is 5.73. The van der Waals surface area contributed by atoms with Gasteiger partial charge >= 0.3 is 6.18 Å². The highest BCUT2D eigenvalue weighted by atomic mass is 35.5. The summed E-state index contributed by atoms with van der Waals surface area (Å²) >= 11 is 6.27. The standard InChI is InChI=1S/C33H31ClF3N5O/c1-22-6-11-27(34)18-26(22)21-42-13-12-38-31-30(42)19-25(20-39-31)23-7-9-24(10-8-23)32(43)41-16-14-40(15-17-41)29-5-3-2-4-28(29)33(35,36)37/h2-11,18-20H,12-17,21H2,1H3,(H,38,39). The number of carbonyl (C=O) groups excluding carboxylic acids is 1. The number of halogens is 4. The molecule has 222 valence electrons. The topological polar surface area (TPSA) is 51.7 Å². The summed E-state index contributed by atoms with van der Waals surface area (Å²) in [5.74, 6) is 0.699. The van der Waals surface area contributed by atoms with E-state index in [1.54, 1.807) is 28.0 Å². The van der Waals surface area contributed by atoms with Gasteiger partial charge in [-0.05, 0) is 66.1 Å². The van der Waals surface area contributed by atoms with E-state index in [1.807, 2.05) is 36.5 Å². The smallest absolute Gasteiger partial charge is 0.367 e. The van der Waals surface area contributed by atoms with E-state index in [2.05, 4.69) is 28.2 Å². The second-order valence-corrected chi connectivity index (χ2v) is 11.3. The van der Waals surface area contributed by atoms with Crippen LogP contribution in [0.15, 0.2) is 79.0 Å². The average molecular weight is 606 g/mol. The quantitative estimate of drug-likeness (QED) is 0.262. The van der Waals surface area contributed by atoms with Crippen LogP contribution in [0.3, 0.4) is 0 Å². The third-order valence-electron chi connectivity index (χ3n) is 8.14. The van der Waals surface area contributed by atoms with Crippen LogP contribution < -0.4 is 15.1 Å². The van der Waals surface area contributed by atoms with Crippen LogP contribution in [0.2, 0.25) is 5.02 Å². The Labute approximate surface area is 253 Å². The Bertz CT molecular complexity index is 1630. The number of aromatic nitrogens is 1. The molecule has 4 aromatic rings. The summed E-state index contributed by atoms with van der Waals surface area (Å²) in [5, 5.41) is 4.09. The summed E-state index contributed by atoms with van der Waals surface area (Å²) < 4.78 is 40.5. The molecule has 2 aliphatic heterocycles. The third-order valence-corrected chi connectivity index (χ3v) is 8.37. The first-order chi connectivity index (χ1) is 20.7. The number of hydrogen-bond donors (Lipinski definition) is 1. The van der Waals surface area contributed by atoms with E-state index in [0.717, 1.165) is 41.8 Å². The van der Waals surface area contributed by atoms with Crippen molar-refractivity contribution in [2.45, 2.75) is 19.6 Å². The molecule has 0 unspecified atom stereocenters. The molecule has 6 nitrogen and oxygen atoms in total. The molecule has 0 bridgehead atoms. The number of benzene rings is 3. The maximum Gasteiger partial charge on any atom is 0.418 e. The predicted molar refractivity (Wildman–Crippen MR) is 165 cm³/mol. The molecule has 3 heterocycles. The Hall–Kier alpha value is -4.24. The number of rotatable bonds is 5. The van der Waals surface area contributed by atoms with Crippen LogP contribution >= 0.6 is 11.6 Å². The number of alkyl halides is 3. The summed E-state index contributed by atoms with van der Waals surface area (Å²) in [6.45, 7) is 5.76. The van der Waals surface area contributed by atoms with Crippen LogP contribution in [-0.2, 0) is 12.7 Å². The lowest BCUT2D eigenvalue weighted by Crippen LogP contribution is -2.49. The Morgan fingerprint density at radius 2 is 1.65 bits per heavy atom. The highest BCUT2D eigenvalue weighted by molar-refractivity contribution is 6.30. The summed E-state index contributed by atoms with van der Waals surface area (Å²) in [6.07, 6.45) is -2.60. The summed E-state index contributed by atoms with van der Waals surface area (Å²) in [6, 6.07) is 21.1. The van der Waals surface area contributed by atoms with Crippen molar-refractivity contribution < 1.29 is 18.0 Å². The van der Waals surface area contributed by atoms with Gasteiger partial charge in [-0.2, -0.15) is 13.2 Å². The average Bonchev–Trinajstić information content (AvgIpc) is 3.02.